The number of fused-ring (bicyclic) bond motifs is 3. The first-order valence-electron chi connectivity index (χ1n) is 9.39. The highest BCUT2D eigenvalue weighted by molar-refractivity contribution is 9.09. The molecule has 0 saturated heterocycles. The van der Waals surface area contributed by atoms with E-state index in [1.165, 1.54) is 0 Å². The molecule has 0 aromatic heterocycles. The quantitative estimate of drug-likeness (QED) is 0.451. The van der Waals surface area contributed by atoms with E-state index in [4.69, 9.17) is 0 Å². The molecule has 0 amide bonds. The summed E-state index contributed by atoms with van der Waals surface area (Å²) in [7, 11) is 0. The van der Waals surface area contributed by atoms with E-state index in [2.05, 4.69) is 58.7 Å². The second-order valence-electron chi connectivity index (χ2n) is 9.38. The minimum Gasteiger partial charge on any atom is -0.390 e. The van der Waals surface area contributed by atoms with Gasteiger partial charge in [0.05, 0.1) is 11.7 Å². The van der Waals surface area contributed by atoms with E-state index in [0.29, 0.717) is 16.7 Å². The lowest BCUT2D eigenvalue weighted by Crippen LogP contribution is -2.66. The summed E-state index contributed by atoms with van der Waals surface area (Å²) in [4.78, 5) is 0.416. The van der Waals surface area contributed by atoms with E-state index in [0.717, 1.165) is 31.0 Å². The molecule has 2 N–H and O–H groups in total. The van der Waals surface area contributed by atoms with Crippen LogP contribution in [-0.2, 0) is 0 Å². The molecule has 138 valence electrons. The van der Waals surface area contributed by atoms with Crippen LogP contribution in [0.4, 0.5) is 0 Å². The summed E-state index contributed by atoms with van der Waals surface area (Å²) in [5.41, 5.74) is -0.655. The molecular formula is C20H32Br2O2. The number of hydrogen-bond donors (Lipinski definition) is 2. The van der Waals surface area contributed by atoms with Crippen molar-refractivity contribution in [1.82, 2.24) is 0 Å². The zero-order valence-corrected chi connectivity index (χ0v) is 18.5. The molecule has 0 spiro atoms. The molecule has 3 aliphatic carbocycles. The predicted molar refractivity (Wildman–Crippen MR) is 107 cm³/mol. The third-order valence-corrected chi connectivity index (χ3v) is 10.2. The Morgan fingerprint density at radius 2 is 1.83 bits per heavy atom. The van der Waals surface area contributed by atoms with Crippen molar-refractivity contribution in [1.29, 1.82) is 0 Å². The van der Waals surface area contributed by atoms with Gasteiger partial charge in [0.25, 0.3) is 0 Å². The molecule has 3 aliphatic rings. The van der Waals surface area contributed by atoms with Crippen LogP contribution in [0.2, 0.25) is 0 Å². The highest BCUT2D eigenvalue weighted by Crippen LogP contribution is 2.67. The van der Waals surface area contributed by atoms with Gasteiger partial charge in [-0.2, -0.15) is 0 Å². The van der Waals surface area contributed by atoms with Crippen molar-refractivity contribution in [3.8, 4) is 0 Å². The van der Waals surface area contributed by atoms with E-state index < -0.39 is 11.7 Å². The van der Waals surface area contributed by atoms with Crippen molar-refractivity contribution >= 4 is 31.9 Å². The highest BCUT2D eigenvalue weighted by atomic mass is 79.9. The van der Waals surface area contributed by atoms with Gasteiger partial charge in [0.1, 0.15) is 0 Å². The Morgan fingerprint density at radius 1 is 1.17 bits per heavy atom. The van der Waals surface area contributed by atoms with Gasteiger partial charge in [0, 0.05) is 16.1 Å². The Kier molecular flexibility index (Phi) is 5.13. The van der Waals surface area contributed by atoms with Crippen LogP contribution in [0, 0.1) is 34.5 Å². The predicted octanol–water partition coefficient (Wildman–Crippen LogP) is 4.91. The number of rotatable bonds is 2. The minimum atomic E-state index is -0.717. The average molecular weight is 464 g/mol. The number of allylic oxidation sites excluding steroid dienone is 1. The first kappa shape index (κ1) is 19.4. The van der Waals surface area contributed by atoms with Crippen molar-refractivity contribution < 1.29 is 10.2 Å². The van der Waals surface area contributed by atoms with Crippen LogP contribution >= 0.6 is 31.9 Å². The number of halogens is 2. The lowest BCUT2D eigenvalue weighted by atomic mass is 9.41. The van der Waals surface area contributed by atoms with Gasteiger partial charge in [0.2, 0.25) is 0 Å². The fourth-order valence-corrected chi connectivity index (χ4v) is 8.29. The molecule has 4 heteroatoms. The van der Waals surface area contributed by atoms with Gasteiger partial charge < -0.3 is 10.2 Å². The lowest BCUT2D eigenvalue weighted by Gasteiger charge is -2.66. The Hall–Kier alpha value is 0.620. The SMILES string of the molecule is CC(C)C1C=C[C@H](O)[C@H]2[C@H]3[C@](C)(CC[C@]12CBr)[C@@H](Br)CC[C@@]3(C)O. The van der Waals surface area contributed by atoms with E-state index in [9.17, 15) is 10.2 Å². The molecule has 24 heavy (non-hydrogen) atoms. The number of alkyl halides is 2. The van der Waals surface area contributed by atoms with Crippen LogP contribution in [0.1, 0.15) is 53.4 Å². The fourth-order valence-electron chi connectivity index (χ4n) is 6.52. The van der Waals surface area contributed by atoms with E-state index in [-0.39, 0.29) is 22.7 Å². The van der Waals surface area contributed by atoms with Crippen LogP contribution in [-0.4, -0.2) is 32.1 Å². The summed E-state index contributed by atoms with van der Waals surface area (Å²) in [6.45, 7) is 8.91. The number of hydrogen-bond acceptors (Lipinski definition) is 2. The first-order chi connectivity index (χ1) is 11.1. The van der Waals surface area contributed by atoms with Crippen LogP contribution in [0.3, 0.4) is 0 Å². The standard InChI is InChI=1S/C20H32Br2O2/c1-12(2)13-5-6-14(23)16-17-18(3,9-10-20(13,16)11-21)15(22)7-8-19(17,4)24/h5-6,12-17,23-24H,7-11H2,1-4H3/t13?,14-,15-,16-,17-,18+,19+,20-/m0/s1. The van der Waals surface area contributed by atoms with E-state index in [1.807, 2.05) is 13.0 Å². The van der Waals surface area contributed by atoms with Crippen LogP contribution in [0.15, 0.2) is 12.2 Å². The Bertz CT molecular complexity index is 518. The highest BCUT2D eigenvalue weighted by Gasteiger charge is 2.65. The average Bonchev–Trinajstić information content (AvgIpc) is 2.51. The van der Waals surface area contributed by atoms with Gasteiger partial charge in [-0.05, 0) is 61.2 Å². The van der Waals surface area contributed by atoms with Crippen molar-refractivity contribution in [2.75, 3.05) is 5.33 Å². The molecule has 0 aliphatic heterocycles. The third kappa shape index (κ3) is 2.61. The van der Waals surface area contributed by atoms with Gasteiger partial charge in [0.15, 0.2) is 0 Å². The molecule has 0 aromatic carbocycles. The maximum absolute atomic E-state index is 11.4. The molecule has 0 radical (unpaired) electrons. The molecule has 2 fully saturated rings. The molecule has 2 saturated carbocycles. The molecular weight excluding hydrogens is 432 g/mol. The number of aliphatic hydroxyl groups excluding tert-OH is 1. The molecule has 8 atom stereocenters. The zero-order chi connectivity index (χ0) is 17.9. The largest absolute Gasteiger partial charge is 0.390 e. The Morgan fingerprint density at radius 3 is 2.42 bits per heavy atom. The maximum atomic E-state index is 11.4. The van der Waals surface area contributed by atoms with Gasteiger partial charge >= 0.3 is 0 Å². The minimum absolute atomic E-state index is 0.0283. The number of aliphatic hydroxyl groups is 2. The van der Waals surface area contributed by atoms with Crippen LogP contribution < -0.4 is 0 Å². The summed E-state index contributed by atoms with van der Waals surface area (Å²) in [5.74, 6) is 1.19. The summed E-state index contributed by atoms with van der Waals surface area (Å²) >= 11 is 7.76. The molecule has 0 heterocycles. The third-order valence-electron chi connectivity index (χ3n) is 7.67. The first-order valence-corrected chi connectivity index (χ1v) is 11.4. The maximum Gasteiger partial charge on any atom is 0.0758 e. The fraction of sp³-hybridized carbons (Fsp3) is 0.900. The van der Waals surface area contributed by atoms with Crippen LogP contribution in [0.5, 0.6) is 0 Å². The normalized spacial score (nSPS) is 54.5. The van der Waals surface area contributed by atoms with E-state index in [1.54, 1.807) is 0 Å². The van der Waals surface area contributed by atoms with Gasteiger partial charge in [-0.3, -0.25) is 0 Å². The summed E-state index contributed by atoms with van der Waals surface area (Å²) in [6, 6.07) is 0. The smallest absolute Gasteiger partial charge is 0.0758 e. The summed E-state index contributed by atoms with van der Waals surface area (Å²) in [6.07, 6.45) is 7.82. The summed E-state index contributed by atoms with van der Waals surface area (Å²) < 4.78 is 0. The Labute approximate surface area is 163 Å². The van der Waals surface area contributed by atoms with Crippen LogP contribution in [0.25, 0.3) is 0 Å². The van der Waals surface area contributed by atoms with Crippen molar-refractivity contribution in [2.45, 2.75) is 69.9 Å². The van der Waals surface area contributed by atoms with Gasteiger partial charge in [-0.1, -0.05) is 64.8 Å². The second kappa shape index (κ2) is 6.35. The summed E-state index contributed by atoms with van der Waals surface area (Å²) in [5, 5.41) is 23.3. The molecule has 0 aromatic rings. The molecule has 2 nitrogen and oxygen atoms in total. The van der Waals surface area contributed by atoms with Crippen molar-refractivity contribution in [3.05, 3.63) is 12.2 Å². The molecule has 1 unspecified atom stereocenters. The monoisotopic (exact) mass is 462 g/mol. The lowest BCUT2D eigenvalue weighted by molar-refractivity contribution is -0.201. The molecule has 3 rings (SSSR count). The van der Waals surface area contributed by atoms with Gasteiger partial charge in [-0.15, -0.1) is 0 Å². The second-order valence-corrected chi connectivity index (χ2v) is 11.1. The van der Waals surface area contributed by atoms with Crippen molar-refractivity contribution in [2.24, 2.45) is 34.5 Å². The van der Waals surface area contributed by atoms with Crippen molar-refractivity contribution in [3.63, 3.8) is 0 Å². The topological polar surface area (TPSA) is 40.5 Å². The van der Waals surface area contributed by atoms with Gasteiger partial charge in [-0.25, -0.2) is 0 Å². The zero-order valence-electron chi connectivity index (χ0n) is 15.3. The van der Waals surface area contributed by atoms with E-state index >= 15 is 0 Å². The molecule has 0 bridgehead atoms. The Balaban J connectivity index is 2.15.